The molecule has 176 valence electrons. The van der Waals surface area contributed by atoms with E-state index in [1.807, 2.05) is 12.1 Å². The molecule has 0 fully saturated rings. The van der Waals surface area contributed by atoms with E-state index in [1.54, 1.807) is 42.6 Å². The number of aromatic nitrogens is 1. The number of carbonyl (C=O) groups is 2. The highest BCUT2D eigenvalue weighted by atomic mass is 16.5. The summed E-state index contributed by atoms with van der Waals surface area (Å²) in [6, 6.07) is 12.3. The molecule has 0 saturated heterocycles. The number of nitrogen functional groups attached to an aromatic ring is 1. The van der Waals surface area contributed by atoms with E-state index in [1.165, 1.54) is 33.6 Å². The topological polar surface area (TPSA) is 113 Å². The molecule has 3 rings (SSSR count). The lowest BCUT2D eigenvalue weighted by molar-refractivity contribution is -0.116. The molecule has 0 aliphatic rings. The summed E-state index contributed by atoms with van der Waals surface area (Å²) in [4.78, 5) is 28.7. The number of methoxy groups -OCH3 is 3. The van der Waals surface area contributed by atoms with Crippen molar-refractivity contribution in [3.8, 4) is 17.2 Å². The summed E-state index contributed by atoms with van der Waals surface area (Å²) >= 11 is 0. The second-order valence-electron chi connectivity index (χ2n) is 7.38. The number of amides is 1. The first-order valence-electron chi connectivity index (χ1n) is 10.5. The molecular formula is C26H27N3O5. The Bertz CT molecular complexity index is 1160. The fraction of sp³-hybridized carbons (Fsp3) is 0.192. The number of carbonyl (C=O) groups excluding carboxylic acids is 2. The van der Waals surface area contributed by atoms with Crippen LogP contribution in [-0.4, -0.2) is 38.0 Å². The molecule has 0 saturated carbocycles. The summed E-state index contributed by atoms with van der Waals surface area (Å²) in [5, 5.41) is 2.82. The van der Waals surface area contributed by atoms with Crippen LogP contribution in [0.3, 0.4) is 0 Å². The van der Waals surface area contributed by atoms with Crippen LogP contribution in [0.15, 0.2) is 60.9 Å². The van der Waals surface area contributed by atoms with E-state index in [2.05, 4.69) is 10.3 Å². The second kappa shape index (κ2) is 11.5. The van der Waals surface area contributed by atoms with Crippen molar-refractivity contribution in [2.45, 2.75) is 13.0 Å². The number of rotatable bonds is 10. The molecule has 8 nitrogen and oxygen atoms in total. The van der Waals surface area contributed by atoms with E-state index in [4.69, 9.17) is 19.9 Å². The Balaban J connectivity index is 1.57. The molecule has 0 bridgehead atoms. The molecule has 2 aromatic carbocycles. The summed E-state index contributed by atoms with van der Waals surface area (Å²) in [7, 11) is 4.60. The van der Waals surface area contributed by atoms with E-state index in [-0.39, 0.29) is 18.1 Å². The van der Waals surface area contributed by atoms with E-state index >= 15 is 0 Å². The van der Waals surface area contributed by atoms with Gasteiger partial charge in [0.05, 0.1) is 33.2 Å². The Morgan fingerprint density at radius 3 is 2.26 bits per heavy atom. The van der Waals surface area contributed by atoms with Gasteiger partial charge in [-0.05, 0) is 41.0 Å². The van der Waals surface area contributed by atoms with Crippen molar-refractivity contribution in [3.05, 3.63) is 83.2 Å². The van der Waals surface area contributed by atoms with Gasteiger partial charge in [0.1, 0.15) is 0 Å². The number of nitrogens with two attached hydrogens (primary N) is 1. The average Bonchev–Trinajstić information content (AvgIpc) is 2.87. The Morgan fingerprint density at radius 1 is 1.00 bits per heavy atom. The number of hydrogen-bond donors (Lipinski definition) is 2. The van der Waals surface area contributed by atoms with Gasteiger partial charge in [-0.2, -0.15) is 0 Å². The quantitative estimate of drug-likeness (QED) is 0.351. The van der Waals surface area contributed by atoms with Gasteiger partial charge >= 0.3 is 0 Å². The number of hydrogen-bond acceptors (Lipinski definition) is 7. The van der Waals surface area contributed by atoms with Crippen LogP contribution >= 0.6 is 0 Å². The molecule has 0 aliphatic carbocycles. The van der Waals surface area contributed by atoms with E-state index in [0.717, 1.165) is 16.7 Å². The summed E-state index contributed by atoms with van der Waals surface area (Å²) in [5.41, 5.74) is 9.28. The average molecular weight is 462 g/mol. The highest BCUT2D eigenvalue weighted by molar-refractivity contribution is 5.98. The van der Waals surface area contributed by atoms with Gasteiger partial charge in [0.25, 0.3) is 0 Å². The minimum absolute atomic E-state index is 0.0400. The number of nitrogens with one attached hydrogen (secondary N) is 1. The number of anilines is 1. The van der Waals surface area contributed by atoms with Crippen molar-refractivity contribution in [2.75, 3.05) is 27.1 Å². The normalized spacial score (nSPS) is 10.7. The van der Waals surface area contributed by atoms with Gasteiger partial charge in [-0.15, -0.1) is 0 Å². The zero-order valence-electron chi connectivity index (χ0n) is 19.3. The van der Waals surface area contributed by atoms with Crippen LogP contribution in [0.4, 0.5) is 5.69 Å². The first kappa shape index (κ1) is 24.3. The molecule has 0 aliphatic heterocycles. The lowest BCUT2D eigenvalue weighted by atomic mass is 10.0. The Kier molecular flexibility index (Phi) is 8.23. The molecule has 0 atom stereocenters. The summed E-state index contributed by atoms with van der Waals surface area (Å²) < 4.78 is 16.0. The highest BCUT2D eigenvalue weighted by Gasteiger charge is 2.12. The van der Waals surface area contributed by atoms with Crippen molar-refractivity contribution in [1.82, 2.24) is 10.3 Å². The molecule has 1 heterocycles. The zero-order valence-corrected chi connectivity index (χ0v) is 19.3. The van der Waals surface area contributed by atoms with Gasteiger partial charge in [-0.3, -0.25) is 14.6 Å². The maximum atomic E-state index is 12.5. The number of benzene rings is 2. The standard InChI is InChI=1S/C26H27N3O5/c1-32-23-12-18(13-24(33-2)26(23)34-3)6-9-25(31)29-15-17-4-7-19(8-5-17)22(30)14-20-10-11-28-16-21(20)27/h4-13,16H,14-15,27H2,1-3H3,(H,29,31)/b9-6+. The predicted molar refractivity (Wildman–Crippen MR) is 130 cm³/mol. The van der Waals surface area contributed by atoms with Crippen molar-refractivity contribution in [3.63, 3.8) is 0 Å². The third-order valence-corrected chi connectivity index (χ3v) is 5.15. The molecule has 34 heavy (non-hydrogen) atoms. The first-order valence-corrected chi connectivity index (χ1v) is 10.5. The Labute approximate surface area is 198 Å². The molecule has 8 heteroatoms. The van der Waals surface area contributed by atoms with Gasteiger partial charge in [0, 0.05) is 30.8 Å². The molecular weight excluding hydrogens is 434 g/mol. The van der Waals surface area contributed by atoms with Gasteiger partial charge in [0.2, 0.25) is 11.7 Å². The predicted octanol–water partition coefficient (Wildman–Crippen LogP) is 3.44. The number of ether oxygens (including phenoxy) is 3. The molecule has 0 spiro atoms. The van der Waals surface area contributed by atoms with Crippen LogP contribution in [0.25, 0.3) is 6.08 Å². The highest BCUT2D eigenvalue weighted by Crippen LogP contribution is 2.38. The van der Waals surface area contributed by atoms with E-state index in [0.29, 0.717) is 35.0 Å². The lowest BCUT2D eigenvalue weighted by Gasteiger charge is -2.12. The van der Waals surface area contributed by atoms with Gasteiger partial charge < -0.3 is 25.3 Å². The van der Waals surface area contributed by atoms with Gasteiger partial charge in [-0.25, -0.2) is 0 Å². The largest absolute Gasteiger partial charge is 0.493 e. The van der Waals surface area contributed by atoms with Gasteiger partial charge in [0.15, 0.2) is 17.3 Å². The number of Topliss-reactive ketones (excluding diaryl/α,β-unsaturated/α-hetero) is 1. The van der Waals surface area contributed by atoms with Crippen LogP contribution in [0.2, 0.25) is 0 Å². The zero-order chi connectivity index (χ0) is 24.5. The van der Waals surface area contributed by atoms with Crippen LogP contribution in [0, 0.1) is 0 Å². The van der Waals surface area contributed by atoms with Crippen LogP contribution < -0.4 is 25.3 Å². The fourth-order valence-corrected chi connectivity index (χ4v) is 3.30. The van der Waals surface area contributed by atoms with Crippen LogP contribution in [0.5, 0.6) is 17.2 Å². The second-order valence-corrected chi connectivity index (χ2v) is 7.38. The monoisotopic (exact) mass is 461 g/mol. The maximum absolute atomic E-state index is 12.5. The Morgan fingerprint density at radius 2 is 1.68 bits per heavy atom. The first-order chi connectivity index (χ1) is 16.4. The SMILES string of the molecule is COc1cc(/C=C/C(=O)NCc2ccc(C(=O)Cc3ccncc3N)cc2)cc(OC)c1OC. The smallest absolute Gasteiger partial charge is 0.244 e. The van der Waals surface area contributed by atoms with E-state index < -0.39 is 0 Å². The number of ketones is 1. The summed E-state index contributed by atoms with van der Waals surface area (Å²) in [6.45, 7) is 0.324. The minimum Gasteiger partial charge on any atom is -0.493 e. The van der Waals surface area contributed by atoms with Crippen molar-refractivity contribution < 1.29 is 23.8 Å². The minimum atomic E-state index is -0.262. The number of pyridine rings is 1. The van der Waals surface area contributed by atoms with Crippen LogP contribution in [-0.2, 0) is 17.8 Å². The fourth-order valence-electron chi connectivity index (χ4n) is 3.30. The van der Waals surface area contributed by atoms with Crippen molar-refractivity contribution in [2.24, 2.45) is 0 Å². The van der Waals surface area contributed by atoms with E-state index in [9.17, 15) is 9.59 Å². The van der Waals surface area contributed by atoms with Crippen LogP contribution in [0.1, 0.15) is 27.0 Å². The molecule has 1 aromatic heterocycles. The van der Waals surface area contributed by atoms with Crippen molar-refractivity contribution in [1.29, 1.82) is 0 Å². The third kappa shape index (κ3) is 6.13. The number of nitrogens with zero attached hydrogens (tertiary/aromatic N) is 1. The third-order valence-electron chi connectivity index (χ3n) is 5.15. The maximum Gasteiger partial charge on any atom is 0.244 e. The summed E-state index contributed by atoms with van der Waals surface area (Å²) in [6.07, 6.45) is 6.44. The molecule has 3 N–H and O–H groups in total. The van der Waals surface area contributed by atoms with Gasteiger partial charge in [-0.1, -0.05) is 24.3 Å². The molecule has 1 amide bonds. The summed E-state index contributed by atoms with van der Waals surface area (Å²) in [5.74, 6) is 1.19. The molecule has 0 radical (unpaired) electrons. The molecule has 3 aromatic rings. The Hall–Kier alpha value is -4.33. The molecule has 0 unspecified atom stereocenters. The lowest BCUT2D eigenvalue weighted by Crippen LogP contribution is -2.20. The van der Waals surface area contributed by atoms with Crippen molar-refractivity contribution >= 4 is 23.5 Å².